The second kappa shape index (κ2) is 8.86. The summed E-state index contributed by atoms with van der Waals surface area (Å²) in [6, 6.07) is 19.5. The highest BCUT2D eigenvalue weighted by Gasteiger charge is 2.14. The van der Waals surface area contributed by atoms with Gasteiger partial charge < -0.3 is 10.1 Å². The SMILES string of the molecule is CCOc1ccc(NC(=O)CCNS(=O)(=O)c2ccc3ccccc3c2)cc1. The number of amides is 1. The summed E-state index contributed by atoms with van der Waals surface area (Å²) in [5.41, 5.74) is 0.630. The molecule has 0 aliphatic rings. The second-order valence-electron chi connectivity index (χ2n) is 6.16. The predicted molar refractivity (Wildman–Crippen MR) is 110 cm³/mol. The third kappa shape index (κ3) is 5.09. The first-order valence-corrected chi connectivity index (χ1v) is 10.5. The summed E-state index contributed by atoms with van der Waals surface area (Å²) < 4.78 is 32.7. The van der Waals surface area contributed by atoms with Gasteiger partial charge in [0.15, 0.2) is 0 Å². The molecule has 0 heterocycles. The zero-order valence-electron chi connectivity index (χ0n) is 15.5. The van der Waals surface area contributed by atoms with Crippen LogP contribution in [0.2, 0.25) is 0 Å². The van der Waals surface area contributed by atoms with E-state index in [-0.39, 0.29) is 23.8 Å². The number of carbonyl (C=O) groups is 1. The number of benzene rings is 3. The van der Waals surface area contributed by atoms with Gasteiger partial charge in [0.1, 0.15) is 5.75 Å². The van der Waals surface area contributed by atoms with Crippen molar-refractivity contribution in [3.63, 3.8) is 0 Å². The van der Waals surface area contributed by atoms with Crippen molar-refractivity contribution in [3.05, 3.63) is 66.7 Å². The molecule has 0 spiro atoms. The summed E-state index contributed by atoms with van der Waals surface area (Å²) in [5.74, 6) is 0.453. The molecule has 0 fully saturated rings. The molecule has 0 atom stereocenters. The number of nitrogens with one attached hydrogen (secondary N) is 2. The zero-order chi connectivity index (χ0) is 20.0. The average molecular weight is 398 g/mol. The number of anilines is 1. The molecule has 0 aliphatic carbocycles. The molecule has 0 unspecified atom stereocenters. The Kier molecular flexibility index (Phi) is 6.28. The van der Waals surface area contributed by atoms with Crippen molar-refractivity contribution in [2.75, 3.05) is 18.5 Å². The molecule has 3 aromatic carbocycles. The predicted octanol–water partition coefficient (Wildman–Crippen LogP) is 3.55. The molecule has 0 aliphatic heterocycles. The third-order valence-electron chi connectivity index (χ3n) is 4.12. The summed E-state index contributed by atoms with van der Waals surface area (Å²) in [7, 11) is -3.68. The number of hydrogen-bond acceptors (Lipinski definition) is 4. The van der Waals surface area contributed by atoms with Crippen molar-refractivity contribution in [3.8, 4) is 5.75 Å². The molecule has 1 amide bonds. The molecule has 0 saturated heterocycles. The summed E-state index contributed by atoms with van der Waals surface area (Å²) in [4.78, 5) is 12.2. The Hall–Kier alpha value is -2.90. The van der Waals surface area contributed by atoms with Crippen LogP contribution in [0, 0.1) is 0 Å². The van der Waals surface area contributed by atoms with Gasteiger partial charge in [-0.2, -0.15) is 0 Å². The Morgan fingerprint density at radius 1 is 0.964 bits per heavy atom. The summed E-state index contributed by atoms with van der Waals surface area (Å²) in [6.45, 7) is 2.48. The van der Waals surface area contributed by atoms with Gasteiger partial charge in [-0.05, 0) is 54.1 Å². The topological polar surface area (TPSA) is 84.5 Å². The lowest BCUT2D eigenvalue weighted by Gasteiger charge is -2.09. The molecule has 3 aromatic rings. The number of fused-ring (bicyclic) bond motifs is 1. The van der Waals surface area contributed by atoms with Crippen LogP contribution in [0.25, 0.3) is 10.8 Å². The maximum absolute atomic E-state index is 12.5. The van der Waals surface area contributed by atoms with E-state index in [9.17, 15) is 13.2 Å². The molecular formula is C21H22N2O4S. The fourth-order valence-corrected chi connectivity index (χ4v) is 3.81. The van der Waals surface area contributed by atoms with Crippen LogP contribution in [0.1, 0.15) is 13.3 Å². The van der Waals surface area contributed by atoms with E-state index in [4.69, 9.17) is 4.74 Å². The second-order valence-corrected chi connectivity index (χ2v) is 7.93. The van der Waals surface area contributed by atoms with Gasteiger partial charge in [0.05, 0.1) is 11.5 Å². The highest BCUT2D eigenvalue weighted by Crippen LogP contribution is 2.19. The van der Waals surface area contributed by atoms with Gasteiger partial charge in [-0.1, -0.05) is 30.3 Å². The van der Waals surface area contributed by atoms with Gasteiger partial charge in [-0.3, -0.25) is 4.79 Å². The molecule has 0 aromatic heterocycles. The van der Waals surface area contributed by atoms with Crippen LogP contribution in [0.15, 0.2) is 71.6 Å². The Morgan fingerprint density at radius 3 is 2.39 bits per heavy atom. The molecule has 0 radical (unpaired) electrons. The first-order valence-electron chi connectivity index (χ1n) is 8.99. The normalized spacial score (nSPS) is 11.3. The van der Waals surface area contributed by atoms with Crippen LogP contribution in [0.3, 0.4) is 0 Å². The maximum atomic E-state index is 12.5. The Balaban J connectivity index is 1.54. The van der Waals surface area contributed by atoms with E-state index in [1.165, 1.54) is 0 Å². The van der Waals surface area contributed by atoms with Crippen molar-refractivity contribution in [1.82, 2.24) is 4.72 Å². The molecule has 3 rings (SSSR count). The van der Waals surface area contributed by atoms with E-state index in [2.05, 4.69) is 10.0 Å². The molecule has 6 nitrogen and oxygen atoms in total. The molecule has 0 saturated carbocycles. The minimum absolute atomic E-state index is 0.0119. The van der Waals surface area contributed by atoms with Crippen LogP contribution in [-0.4, -0.2) is 27.5 Å². The van der Waals surface area contributed by atoms with Crippen molar-refractivity contribution < 1.29 is 17.9 Å². The van der Waals surface area contributed by atoms with Crippen molar-refractivity contribution >= 4 is 32.4 Å². The van der Waals surface area contributed by atoms with Crippen molar-refractivity contribution in [2.45, 2.75) is 18.2 Å². The number of rotatable bonds is 8. The van der Waals surface area contributed by atoms with Gasteiger partial charge in [-0.25, -0.2) is 13.1 Å². The Bertz CT molecular complexity index is 1060. The van der Waals surface area contributed by atoms with Gasteiger partial charge in [0, 0.05) is 18.7 Å². The van der Waals surface area contributed by atoms with Gasteiger partial charge in [0.2, 0.25) is 15.9 Å². The van der Waals surface area contributed by atoms with E-state index < -0.39 is 10.0 Å². The van der Waals surface area contributed by atoms with Crippen LogP contribution < -0.4 is 14.8 Å². The molecule has 0 bridgehead atoms. The van der Waals surface area contributed by atoms with Crippen LogP contribution in [0.4, 0.5) is 5.69 Å². The van der Waals surface area contributed by atoms with Gasteiger partial charge in [-0.15, -0.1) is 0 Å². The average Bonchev–Trinajstić information content (AvgIpc) is 2.69. The fourth-order valence-electron chi connectivity index (χ4n) is 2.74. The van der Waals surface area contributed by atoms with Crippen LogP contribution in [-0.2, 0) is 14.8 Å². The van der Waals surface area contributed by atoms with E-state index in [1.54, 1.807) is 42.5 Å². The first-order chi connectivity index (χ1) is 13.5. The van der Waals surface area contributed by atoms with Crippen LogP contribution >= 0.6 is 0 Å². The van der Waals surface area contributed by atoms with E-state index in [0.29, 0.717) is 12.3 Å². The lowest BCUT2D eigenvalue weighted by molar-refractivity contribution is -0.116. The molecule has 28 heavy (non-hydrogen) atoms. The smallest absolute Gasteiger partial charge is 0.240 e. The molecular weight excluding hydrogens is 376 g/mol. The number of hydrogen-bond donors (Lipinski definition) is 2. The Labute approximate surface area is 164 Å². The van der Waals surface area contributed by atoms with E-state index >= 15 is 0 Å². The number of ether oxygens (including phenoxy) is 1. The Morgan fingerprint density at radius 2 is 1.68 bits per heavy atom. The highest BCUT2D eigenvalue weighted by atomic mass is 32.2. The molecule has 7 heteroatoms. The third-order valence-corrected chi connectivity index (χ3v) is 5.58. The summed E-state index contributed by atoms with van der Waals surface area (Å²) >= 11 is 0. The maximum Gasteiger partial charge on any atom is 0.240 e. The number of carbonyl (C=O) groups excluding carboxylic acids is 1. The molecule has 2 N–H and O–H groups in total. The standard InChI is InChI=1S/C21H22N2O4S/c1-2-27-19-10-8-18(9-11-19)23-21(24)13-14-22-28(25,26)20-12-7-16-5-3-4-6-17(16)15-20/h3-12,15,22H,2,13-14H2,1H3,(H,23,24). The quantitative estimate of drug-likeness (QED) is 0.608. The lowest BCUT2D eigenvalue weighted by atomic mass is 10.1. The lowest BCUT2D eigenvalue weighted by Crippen LogP contribution is -2.27. The van der Waals surface area contributed by atoms with Crippen molar-refractivity contribution in [1.29, 1.82) is 0 Å². The fraction of sp³-hybridized carbons (Fsp3) is 0.190. The number of sulfonamides is 1. The van der Waals surface area contributed by atoms with E-state index in [1.807, 2.05) is 31.2 Å². The minimum Gasteiger partial charge on any atom is -0.494 e. The monoisotopic (exact) mass is 398 g/mol. The van der Waals surface area contributed by atoms with Crippen molar-refractivity contribution in [2.24, 2.45) is 0 Å². The van der Waals surface area contributed by atoms with E-state index in [0.717, 1.165) is 16.5 Å². The largest absolute Gasteiger partial charge is 0.494 e. The summed E-state index contributed by atoms with van der Waals surface area (Å²) in [6.07, 6.45) is 0.0278. The highest BCUT2D eigenvalue weighted by molar-refractivity contribution is 7.89. The van der Waals surface area contributed by atoms with Gasteiger partial charge >= 0.3 is 0 Å². The molecule has 146 valence electrons. The zero-order valence-corrected chi connectivity index (χ0v) is 16.3. The van der Waals surface area contributed by atoms with Gasteiger partial charge in [0.25, 0.3) is 0 Å². The van der Waals surface area contributed by atoms with Crippen LogP contribution in [0.5, 0.6) is 5.75 Å². The summed E-state index contributed by atoms with van der Waals surface area (Å²) in [5, 5.41) is 4.55. The first kappa shape index (κ1) is 19.9. The minimum atomic E-state index is -3.68.